The zero-order valence-corrected chi connectivity index (χ0v) is 13.8. The van der Waals surface area contributed by atoms with Gasteiger partial charge < -0.3 is 4.74 Å². The molecule has 0 atom stereocenters. The van der Waals surface area contributed by atoms with E-state index in [4.69, 9.17) is 4.74 Å². The van der Waals surface area contributed by atoms with Crippen LogP contribution in [0.2, 0.25) is 0 Å². The molecule has 3 heteroatoms. The summed E-state index contributed by atoms with van der Waals surface area (Å²) in [6, 6.07) is 25.9. The van der Waals surface area contributed by atoms with E-state index in [1.165, 1.54) is 24.5 Å². The largest absolute Gasteiger partial charge is 0.497 e. The highest BCUT2D eigenvalue weighted by molar-refractivity contribution is 8.04. The third-order valence-corrected chi connectivity index (χ3v) is 7.40. The molecule has 1 aliphatic rings. The van der Waals surface area contributed by atoms with Crippen LogP contribution in [0.4, 0.5) is 0 Å². The molecule has 1 heterocycles. The zero-order chi connectivity index (χ0) is 14.9. The predicted molar refractivity (Wildman–Crippen MR) is 92.2 cm³/mol. The van der Waals surface area contributed by atoms with E-state index in [1.807, 2.05) is 11.8 Å². The van der Waals surface area contributed by atoms with Crippen molar-refractivity contribution in [1.29, 1.82) is 0 Å². The van der Waals surface area contributed by atoms with Crippen LogP contribution in [-0.2, 0) is 10.9 Å². The molecule has 0 bridgehead atoms. The molecule has 4 rings (SSSR count). The Hall–Kier alpha value is -1.84. The summed E-state index contributed by atoms with van der Waals surface area (Å²) in [5.41, 5.74) is 0. The van der Waals surface area contributed by atoms with Gasteiger partial charge in [-0.05, 0) is 48.5 Å². The Balaban J connectivity index is 1.90. The van der Waals surface area contributed by atoms with Crippen molar-refractivity contribution in [2.24, 2.45) is 0 Å². The van der Waals surface area contributed by atoms with Gasteiger partial charge in [-0.2, -0.15) is 0 Å². The van der Waals surface area contributed by atoms with Gasteiger partial charge in [0.05, 0.1) is 16.9 Å². The van der Waals surface area contributed by atoms with E-state index in [9.17, 15) is 0 Å². The van der Waals surface area contributed by atoms with Crippen LogP contribution in [0.25, 0.3) is 0 Å². The molecule has 1 aliphatic heterocycles. The SMILES string of the molecule is COc1ccc([S+]2c3ccccc3Sc3ccccc32)cc1. The highest BCUT2D eigenvalue weighted by atomic mass is 32.2. The van der Waals surface area contributed by atoms with Crippen LogP contribution in [0.5, 0.6) is 5.75 Å². The fourth-order valence-corrected chi connectivity index (χ4v) is 6.35. The van der Waals surface area contributed by atoms with Gasteiger partial charge in [-0.3, -0.25) is 0 Å². The summed E-state index contributed by atoms with van der Waals surface area (Å²) >= 11 is 1.87. The number of hydrogen-bond donors (Lipinski definition) is 0. The summed E-state index contributed by atoms with van der Waals surface area (Å²) in [5.74, 6) is 0.903. The number of fused-ring (bicyclic) bond motifs is 2. The maximum absolute atomic E-state index is 5.29. The molecule has 0 unspecified atom stereocenters. The van der Waals surface area contributed by atoms with E-state index < -0.39 is 0 Å². The lowest BCUT2D eigenvalue weighted by molar-refractivity contribution is 0.414. The molecule has 0 amide bonds. The molecular weight excluding hydrogens is 308 g/mol. The number of hydrogen-bond acceptors (Lipinski definition) is 2. The third kappa shape index (κ3) is 2.31. The van der Waals surface area contributed by atoms with Crippen LogP contribution in [0.1, 0.15) is 0 Å². The number of rotatable bonds is 2. The highest BCUT2D eigenvalue weighted by Gasteiger charge is 2.37. The summed E-state index contributed by atoms with van der Waals surface area (Å²) in [6.07, 6.45) is 0. The molecule has 0 spiro atoms. The monoisotopic (exact) mass is 323 g/mol. The number of benzene rings is 3. The lowest BCUT2D eigenvalue weighted by Gasteiger charge is -2.18. The Morgan fingerprint density at radius 3 is 1.82 bits per heavy atom. The van der Waals surface area contributed by atoms with Gasteiger partial charge in [0.2, 0.25) is 0 Å². The summed E-state index contributed by atoms with van der Waals surface area (Å²) in [7, 11) is 1.66. The maximum Gasteiger partial charge on any atom is 0.180 e. The molecule has 0 saturated carbocycles. The maximum atomic E-state index is 5.29. The Morgan fingerprint density at radius 1 is 0.727 bits per heavy atom. The molecular formula is C19H15OS2+. The van der Waals surface area contributed by atoms with Crippen LogP contribution in [0, 0.1) is 0 Å². The molecule has 22 heavy (non-hydrogen) atoms. The van der Waals surface area contributed by atoms with Gasteiger partial charge in [-0.1, -0.05) is 36.0 Å². The van der Waals surface area contributed by atoms with Crippen LogP contribution in [-0.4, -0.2) is 7.11 Å². The summed E-state index contributed by atoms with van der Waals surface area (Å²) in [5, 5.41) is 0. The molecule has 3 aromatic carbocycles. The number of methoxy groups -OCH3 is 1. The van der Waals surface area contributed by atoms with Gasteiger partial charge in [0.15, 0.2) is 14.7 Å². The zero-order valence-electron chi connectivity index (χ0n) is 12.2. The van der Waals surface area contributed by atoms with Crippen molar-refractivity contribution in [2.75, 3.05) is 7.11 Å². The molecule has 0 aliphatic carbocycles. The van der Waals surface area contributed by atoms with Crippen LogP contribution < -0.4 is 4.74 Å². The lowest BCUT2D eigenvalue weighted by atomic mass is 10.3. The molecule has 0 fully saturated rings. The topological polar surface area (TPSA) is 9.23 Å². The summed E-state index contributed by atoms with van der Waals surface area (Å²) in [6.45, 7) is 0. The van der Waals surface area contributed by atoms with Gasteiger partial charge in [-0.25, -0.2) is 0 Å². The smallest absolute Gasteiger partial charge is 0.180 e. The fourth-order valence-electron chi connectivity index (χ4n) is 2.61. The Labute approximate surface area is 137 Å². The van der Waals surface area contributed by atoms with Crippen molar-refractivity contribution < 1.29 is 4.74 Å². The van der Waals surface area contributed by atoms with E-state index in [0.717, 1.165) is 5.75 Å². The second-order valence-corrected chi connectivity index (χ2v) is 8.02. The fraction of sp³-hybridized carbons (Fsp3) is 0.0526. The Kier molecular flexibility index (Phi) is 3.60. The minimum Gasteiger partial charge on any atom is -0.497 e. The van der Waals surface area contributed by atoms with E-state index in [1.54, 1.807) is 7.11 Å². The second-order valence-electron chi connectivity index (χ2n) is 4.98. The molecule has 108 valence electrons. The Bertz CT molecular complexity index is 766. The van der Waals surface area contributed by atoms with Gasteiger partial charge in [-0.15, -0.1) is 0 Å². The van der Waals surface area contributed by atoms with Crippen molar-refractivity contribution in [3.63, 3.8) is 0 Å². The molecule has 1 nitrogen and oxygen atoms in total. The molecule has 0 radical (unpaired) electrons. The highest BCUT2D eigenvalue weighted by Crippen LogP contribution is 2.48. The van der Waals surface area contributed by atoms with E-state index in [-0.39, 0.29) is 10.9 Å². The van der Waals surface area contributed by atoms with E-state index >= 15 is 0 Å². The first-order chi connectivity index (χ1) is 10.9. The minimum absolute atomic E-state index is 0.0446. The van der Waals surface area contributed by atoms with Crippen molar-refractivity contribution in [3.8, 4) is 5.75 Å². The quantitative estimate of drug-likeness (QED) is 0.466. The minimum atomic E-state index is -0.0446. The predicted octanol–water partition coefficient (Wildman–Crippen LogP) is 5.26. The first-order valence-corrected chi connectivity index (χ1v) is 9.15. The van der Waals surface area contributed by atoms with Crippen LogP contribution >= 0.6 is 11.8 Å². The van der Waals surface area contributed by atoms with Crippen LogP contribution in [0.15, 0.2) is 97.3 Å². The number of ether oxygens (including phenoxy) is 1. The molecule has 0 aromatic heterocycles. The average molecular weight is 323 g/mol. The van der Waals surface area contributed by atoms with Crippen molar-refractivity contribution in [1.82, 2.24) is 0 Å². The van der Waals surface area contributed by atoms with E-state index in [0.29, 0.717) is 0 Å². The normalized spacial score (nSPS) is 13.3. The summed E-state index contributed by atoms with van der Waals surface area (Å²) in [4.78, 5) is 6.88. The van der Waals surface area contributed by atoms with Crippen LogP contribution in [0.3, 0.4) is 0 Å². The first kappa shape index (κ1) is 13.8. The second kappa shape index (κ2) is 5.75. The van der Waals surface area contributed by atoms with E-state index in [2.05, 4.69) is 72.8 Å². The molecule has 0 N–H and O–H groups in total. The lowest BCUT2D eigenvalue weighted by Crippen LogP contribution is -2.10. The van der Waals surface area contributed by atoms with Crippen molar-refractivity contribution in [3.05, 3.63) is 72.8 Å². The first-order valence-electron chi connectivity index (χ1n) is 7.11. The van der Waals surface area contributed by atoms with Gasteiger partial charge >= 0.3 is 0 Å². The standard InChI is InChI=1S/C19H15OS2/c1-20-14-10-12-15(13-11-14)22-18-8-4-2-6-16(18)21-17-7-3-5-9-19(17)22/h2-13H,1H3/q+1. The van der Waals surface area contributed by atoms with Gasteiger partial charge in [0, 0.05) is 0 Å². The third-order valence-electron chi connectivity index (χ3n) is 3.65. The van der Waals surface area contributed by atoms with Gasteiger partial charge in [0.1, 0.15) is 16.6 Å². The Morgan fingerprint density at radius 2 is 1.27 bits per heavy atom. The summed E-state index contributed by atoms with van der Waals surface area (Å²) < 4.78 is 5.29. The van der Waals surface area contributed by atoms with Crippen molar-refractivity contribution >= 4 is 22.7 Å². The van der Waals surface area contributed by atoms with Gasteiger partial charge in [0.25, 0.3) is 0 Å². The van der Waals surface area contributed by atoms with Crippen molar-refractivity contribution in [2.45, 2.75) is 24.5 Å². The molecule has 0 saturated heterocycles. The average Bonchev–Trinajstić information content (AvgIpc) is 2.60. The molecule has 3 aromatic rings.